The SMILES string of the molecule is Cc1ccc(C2(c3ccc(C)cc3)NC(=O)N(C(=O)NCCCN3CCC4(CC3)c3ccccc3Oc3ccccc34)C2=O)cc1. The number of nitrogens with zero attached hydrogens (tertiary/aromatic N) is 2. The number of amides is 5. The normalized spacial score (nSPS) is 18.0. The van der Waals surface area contributed by atoms with E-state index >= 15 is 0 Å². The quantitative estimate of drug-likeness (QED) is 0.194. The van der Waals surface area contributed by atoms with Gasteiger partial charge in [-0.1, -0.05) is 96.1 Å². The van der Waals surface area contributed by atoms with Gasteiger partial charge in [0.2, 0.25) is 0 Å². The number of likely N-dealkylation sites (tertiary alicyclic amines) is 1. The number of para-hydroxylation sites is 2. The molecular formula is C38H38N4O4. The van der Waals surface area contributed by atoms with Gasteiger partial charge >= 0.3 is 12.1 Å². The zero-order valence-corrected chi connectivity index (χ0v) is 26.2. The van der Waals surface area contributed by atoms with Gasteiger partial charge in [-0.2, -0.15) is 4.90 Å². The van der Waals surface area contributed by atoms with Gasteiger partial charge in [0.05, 0.1) is 0 Å². The first-order valence-corrected chi connectivity index (χ1v) is 16.0. The van der Waals surface area contributed by atoms with Gasteiger partial charge in [-0.15, -0.1) is 0 Å². The van der Waals surface area contributed by atoms with Gasteiger partial charge in [0.15, 0.2) is 5.54 Å². The molecule has 7 rings (SSSR count). The lowest BCUT2D eigenvalue weighted by molar-refractivity contribution is -0.128. The highest BCUT2D eigenvalue weighted by molar-refractivity contribution is 6.19. The van der Waals surface area contributed by atoms with E-state index in [0.717, 1.165) is 55.1 Å². The van der Waals surface area contributed by atoms with E-state index in [9.17, 15) is 14.4 Å². The summed E-state index contributed by atoms with van der Waals surface area (Å²) < 4.78 is 6.25. The Labute approximate surface area is 269 Å². The smallest absolute Gasteiger partial charge is 0.333 e. The zero-order chi connectivity index (χ0) is 31.9. The van der Waals surface area contributed by atoms with E-state index in [1.807, 2.05) is 74.5 Å². The van der Waals surface area contributed by atoms with E-state index in [0.29, 0.717) is 29.0 Å². The molecule has 0 unspecified atom stereocenters. The Kier molecular flexibility index (Phi) is 7.61. The molecule has 8 heteroatoms. The van der Waals surface area contributed by atoms with Crippen LogP contribution in [-0.4, -0.2) is 53.9 Å². The van der Waals surface area contributed by atoms with Crippen molar-refractivity contribution >= 4 is 18.0 Å². The third kappa shape index (κ3) is 4.93. The number of piperidine rings is 1. The predicted octanol–water partition coefficient (Wildman–Crippen LogP) is 6.39. The number of ether oxygens (including phenoxy) is 1. The number of rotatable bonds is 6. The van der Waals surface area contributed by atoms with Crippen LogP contribution in [0.3, 0.4) is 0 Å². The number of imide groups is 3. The molecule has 3 aliphatic heterocycles. The summed E-state index contributed by atoms with van der Waals surface area (Å²) in [5, 5.41) is 5.69. The number of fused-ring (bicyclic) bond motifs is 4. The minimum atomic E-state index is -1.49. The molecule has 2 saturated heterocycles. The van der Waals surface area contributed by atoms with E-state index in [1.165, 1.54) is 11.1 Å². The van der Waals surface area contributed by atoms with Crippen molar-refractivity contribution in [3.63, 3.8) is 0 Å². The maximum absolute atomic E-state index is 14.0. The Morgan fingerprint density at radius 2 is 1.30 bits per heavy atom. The van der Waals surface area contributed by atoms with Crippen LogP contribution in [0.5, 0.6) is 11.5 Å². The molecule has 8 nitrogen and oxygen atoms in total. The van der Waals surface area contributed by atoms with Crippen molar-refractivity contribution in [3.8, 4) is 11.5 Å². The molecule has 0 bridgehead atoms. The number of carbonyl (C=O) groups is 3. The molecule has 0 aliphatic carbocycles. The molecule has 3 heterocycles. The average Bonchev–Trinajstić information content (AvgIpc) is 3.34. The molecule has 234 valence electrons. The van der Waals surface area contributed by atoms with Gasteiger partial charge in [-0.3, -0.25) is 4.79 Å². The lowest BCUT2D eigenvalue weighted by Crippen LogP contribution is -2.48. The first kappa shape index (κ1) is 29.7. The van der Waals surface area contributed by atoms with Crippen LogP contribution >= 0.6 is 0 Å². The van der Waals surface area contributed by atoms with E-state index in [1.54, 1.807) is 0 Å². The Morgan fingerprint density at radius 3 is 1.85 bits per heavy atom. The first-order valence-electron chi connectivity index (χ1n) is 16.0. The van der Waals surface area contributed by atoms with Crippen LogP contribution < -0.4 is 15.4 Å². The summed E-state index contributed by atoms with van der Waals surface area (Å²) >= 11 is 0. The van der Waals surface area contributed by atoms with Gasteiger partial charge < -0.3 is 20.3 Å². The highest BCUT2D eigenvalue weighted by Crippen LogP contribution is 2.52. The van der Waals surface area contributed by atoms with Crippen LogP contribution in [0.15, 0.2) is 97.1 Å². The minimum absolute atomic E-state index is 0.0823. The van der Waals surface area contributed by atoms with Crippen molar-refractivity contribution in [2.24, 2.45) is 0 Å². The predicted molar refractivity (Wildman–Crippen MR) is 176 cm³/mol. The van der Waals surface area contributed by atoms with Gasteiger partial charge in [0.1, 0.15) is 11.5 Å². The molecule has 2 fully saturated rings. The number of benzene rings is 4. The Hall–Kier alpha value is -4.95. The van der Waals surface area contributed by atoms with Gasteiger partial charge in [0, 0.05) is 23.1 Å². The van der Waals surface area contributed by atoms with Crippen LogP contribution in [0.25, 0.3) is 0 Å². The summed E-state index contributed by atoms with van der Waals surface area (Å²) in [7, 11) is 0. The van der Waals surface area contributed by atoms with Crippen LogP contribution in [0.4, 0.5) is 9.59 Å². The zero-order valence-electron chi connectivity index (χ0n) is 26.2. The van der Waals surface area contributed by atoms with Crippen LogP contribution in [0.1, 0.15) is 52.6 Å². The maximum atomic E-state index is 14.0. The second-order valence-corrected chi connectivity index (χ2v) is 12.7. The van der Waals surface area contributed by atoms with Gasteiger partial charge in [-0.05, 0) is 76.0 Å². The lowest BCUT2D eigenvalue weighted by atomic mass is 9.66. The van der Waals surface area contributed by atoms with Crippen molar-refractivity contribution in [1.29, 1.82) is 0 Å². The maximum Gasteiger partial charge on any atom is 0.333 e. The van der Waals surface area contributed by atoms with Crippen LogP contribution in [0, 0.1) is 13.8 Å². The summed E-state index contributed by atoms with van der Waals surface area (Å²) in [6.45, 7) is 6.90. The van der Waals surface area contributed by atoms with Gasteiger partial charge in [-0.25, -0.2) is 9.59 Å². The third-order valence-electron chi connectivity index (χ3n) is 9.86. The second kappa shape index (κ2) is 11.8. The van der Waals surface area contributed by atoms with Gasteiger partial charge in [0.25, 0.3) is 5.91 Å². The molecule has 0 aromatic heterocycles. The Bertz CT molecular complexity index is 1700. The number of hydrogen-bond acceptors (Lipinski definition) is 5. The van der Waals surface area contributed by atoms with E-state index in [4.69, 9.17) is 4.74 Å². The Balaban J connectivity index is 0.994. The van der Waals surface area contributed by atoms with Crippen molar-refractivity contribution < 1.29 is 19.1 Å². The molecular weight excluding hydrogens is 576 g/mol. The summed E-state index contributed by atoms with van der Waals surface area (Å²) in [6, 6.07) is 30.2. The summed E-state index contributed by atoms with van der Waals surface area (Å²) in [5.74, 6) is 1.26. The Morgan fingerprint density at radius 1 is 0.783 bits per heavy atom. The number of nitrogens with one attached hydrogen (secondary N) is 2. The number of carbonyl (C=O) groups excluding carboxylic acids is 3. The molecule has 4 aromatic rings. The molecule has 3 aliphatic rings. The van der Waals surface area contributed by atoms with Crippen molar-refractivity contribution in [2.75, 3.05) is 26.2 Å². The molecule has 5 amide bonds. The lowest BCUT2D eigenvalue weighted by Gasteiger charge is -2.46. The summed E-state index contributed by atoms with van der Waals surface area (Å²) in [6.07, 6.45) is 2.64. The van der Waals surface area contributed by atoms with Crippen molar-refractivity contribution in [2.45, 2.75) is 44.1 Å². The minimum Gasteiger partial charge on any atom is -0.457 e. The average molecular weight is 615 g/mol. The molecule has 0 atom stereocenters. The van der Waals surface area contributed by atoms with E-state index < -0.39 is 23.5 Å². The van der Waals surface area contributed by atoms with E-state index in [-0.39, 0.29) is 5.41 Å². The van der Waals surface area contributed by atoms with E-state index in [2.05, 4.69) is 51.9 Å². The first-order chi connectivity index (χ1) is 22.3. The largest absolute Gasteiger partial charge is 0.457 e. The third-order valence-corrected chi connectivity index (χ3v) is 9.86. The highest BCUT2D eigenvalue weighted by atomic mass is 16.5. The standard InChI is InChI=1S/C38H38N4O4/c1-26-12-16-28(17-13-26)38(29-18-14-27(2)15-19-29)34(43)42(36(45)40-38)35(44)39-22-7-23-41-24-20-37(21-25-41)30-8-3-5-10-32(30)46-33-11-6-4-9-31(33)37/h3-6,8-19H,7,20-25H2,1-2H3,(H,39,44)(H,40,45). The summed E-state index contributed by atoms with van der Waals surface area (Å²) in [4.78, 5) is 43.7. The molecule has 2 N–H and O–H groups in total. The molecule has 0 radical (unpaired) electrons. The molecule has 0 saturated carbocycles. The van der Waals surface area contributed by atoms with Crippen LogP contribution in [-0.2, 0) is 15.7 Å². The fraction of sp³-hybridized carbons (Fsp3) is 0.289. The summed E-state index contributed by atoms with van der Waals surface area (Å²) in [5.41, 5.74) is 4.20. The number of urea groups is 2. The molecule has 1 spiro atoms. The fourth-order valence-corrected chi connectivity index (χ4v) is 7.32. The molecule has 46 heavy (non-hydrogen) atoms. The van der Waals surface area contributed by atoms with Crippen molar-refractivity contribution in [3.05, 3.63) is 130 Å². The second-order valence-electron chi connectivity index (χ2n) is 12.7. The number of hydrogen-bond donors (Lipinski definition) is 2. The van der Waals surface area contributed by atoms with Crippen molar-refractivity contribution in [1.82, 2.24) is 20.4 Å². The number of aryl methyl sites for hydroxylation is 2. The topological polar surface area (TPSA) is 91.0 Å². The highest BCUT2D eigenvalue weighted by Gasteiger charge is 2.56. The molecule has 4 aromatic carbocycles. The van der Waals surface area contributed by atoms with Crippen LogP contribution in [0.2, 0.25) is 0 Å². The fourth-order valence-electron chi connectivity index (χ4n) is 7.32. The monoisotopic (exact) mass is 614 g/mol.